The fraction of sp³-hybridized carbons (Fsp3) is 0. The maximum absolute atomic E-state index is 5.41. The van der Waals surface area contributed by atoms with E-state index in [-0.39, 0.29) is 0 Å². The molecule has 4 heteroatoms. The third kappa shape index (κ3) is 3.37. The molecule has 0 radical (unpaired) electrons. The van der Waals surface area contributed by atoms with Crippen molar-refractivity contribution in [1.82, 2.24) is 9.97 Å². The molecule has 44 heavy (non-hydrogen) atoms. The Kier molecular flexibility index (Phi) is 4.87. The monoisotopic (exact) mass is 577 g/mol. The van der Waals surface area contributed by atoms with Crippen molar-refractivity contribution in [3.8, 4) is 22.4 Å². The predicted octanol–water partition coefficient (Wildman–Crippen LogP) is 11.4. The van der Waals surface area contributed by atoms with Crippen LogP contribution in [0.1, 0.15) is 0 Å². The largest absolute Gasteiger partial charge is 0.278 e. The molecule has 0 aliphatic carbocycles. The molecule has 10 rings (SSSR count). The molecular formula is C40H23N3S. The van der Waals surface area contributed by atoms with Crippen molar-refractivity contribution in [1.29, 1.82) is 0 Å². The summed E-state index contributed by atoms with van der Waals surface area (Å²) in [5.74, 6) is 0.675. The van der Waals surface area contributed by atoms with E-state index in [0.29, 0.717) is 5.95 Å². The normalized spacial score (nSPS) is 12.5. The van der Waals surface area contributed by atoms with Crippen LogP contribution in [0.5, 0.6) is 0 Å². The highest BCUT2D eigenvalue weighted by molar-refractivity contribution is 7.25. The molecule has 1 aliphatic rings. The van der Waals surface area contributed by atoms with Crippen LogP contribution in [0.2, 0.25) is 0 Å². The summed E-state index contributed by atoms with van der Waals surface area (Å²) >= 11 is 1.83. The molecule has 0 amide bonds. The van der Waals surface area contributed by atoms with Gasteiger partial charge in [-0.25, -0.2) is 9.97 Å². The fourth-order valence-corrected chi connectivity index (χ4v) is 8.11. The Morgan fingerprint density at radius 1 is 0.477 bits per heavy atom. The van der Waals surface area contributed by atoms with E-state index in [9.17, 15) is 0 Å². The van der Waals surface area contributed by atoms with E-state index in [0.717, 1.165) is 33.5 Å². The topological polar surface area (TPSA) is 29.0 Å². The Labute approximate surface area is 257 Å². The molecule has 3 heterocycles. The van der Waals surface area contributed by atoms with Crippen LogP contribution in [0.4, 0.5) is 17.3 Å². The van der Waals surface area contributed by atoms with Gasteiger partial charge in [0.2, 0.25) is 5.95 Å². The minimum Gasteiger partial charge on any atom is -0.278 e. The summed E-state index contributed by atoms with van der Waals surface area (Å²) in [6.07, 6.45) is 0. The fourth-order valence-electron chi connectivity index (χ4n) is 6.96. The number of fused-ring (bicyclic) bond motifs is 7. The number of anilines is 3. The van der Waals surface area contributed by atoms with Gasteiger partial charge in [-0.1, -0.05) is 103 Å². The van der Waals surface area contributed by atoms with Crippen LogP contribution in [0, 0.1) is 0 Å². The molecule has 2 aromatic heterocycles. The Morgan fingerprint density at radius 3 is 2.11 bits per heavy atom. The van der Waals surface area contributed by atoms with Crippen LogP contribution in [0.15, 0.2) is 140 Å². The van der Waals surface area contributed by atoms with Crippen LogP contribution in [0.3, 0.4) is 0 Å². The second-order valence-corrected chi connectivity index (χ2v) is 12.5. The van der Waals surface area contributed by atoms with E-state index in [1.807, 2.05) is 11.3 Å². The average molecular weight is 578 g/mol. The lowest BCUT2D eigenvalue weighted by molar-refractivity contribution is 1.11. The lowest BCUT2D eigenvalue weighted by Gasteiger charge is -2.32. The smallest absolute Gasteiger partial charge is 0.235 e. The molecule has 0 N–H and O–H groups in total. The zero-order valence-corrected chi connectivity index (χ0v) is 24.3. The first-order valence-electron chi connectivity index (χ1n) is 14.8. The Balaban J connectivity index is 1.28. The summed E-state index contributed by atoms with van der Waals surface area (Å²) in [5.41, 5.74) is 7.59. The lowest BCUT2D eigenvalue weighted by Crippen LogP contribution is -2.18. The molecule has 0 saturated carbocycles. The van der Waals surface area contributed by atoms with Crippen molar-refractivity contribution in [2.75, 3.05) is 4.90 Å². The zero-order chi connectivity index (χ0) is 28.8. The van der Waals surface area contributed by atoms with Crippen molar-refractivity contribution in [3.63, 3.8) is 0 Å². The summed E-state index contributed by atoms with van der Waals surface area (Å²) in [6, 6.07) is 50.1. The molecule has 0 atom stereocenters. The number of thiophene rings is 1. The molecule has 0 saturated heterocycles. The van der Waals surface area contributed by atoms with E-state index in [2.05, 4.69) is 144 Å². The van der Waals surface area contributed by atoms with E-state index in [1.165, 1.54) is 52.8 Å². The molecule has 1 aliphatic heterocycles. The number of para-hydroxylation sites is 1. The molecule has 204 valence electrons. The van der Waals surface area contributed by atoms with Crippen molar-refractivity contribution >= 4 is 81.3 Å². The van der Waals surface area contributed by atoms with Crippen molar-refractivity contribution < 1.29 is 0 Å². The number of hydrogen-bond acceptors (Lipinski definition) is 4. The van der Waals surface area contributed by atoms with Gasteiger partial charge >= 0.3 is 0 Å². The van der Waals surface area contributed by atoms with Gasteiger partial charge in [0.1, 0.15) is 0 Å². The maximum atomic E-state index is 5.41. The van der Waals surface area contributed by atoms with Crippen molar-refractivity contribution in [2.45, 2.75) is 0 Å². The summed E-state index contributed by atoms with van der Waals surface area (Å²) in [7, 11) is 0. The lowest BCUT2D eigenvalue weighted by atomic mass is 9.89. The van der Waals surface area contributed by atoms with Crippen LogP contribution in [-0.2, 0) is 0 Å². The van der Waals surface area contributed by atoms with Gasteiger partial charge in [0.15, 0.2) is 0 Å². The first kappa shape index (κ1) is 23.9. The van der Waals surface area contributed by atoms with Crippen LogP contribution >= 0.6 is 11.3 Å². The van der Waals surface area contributed by atoms with Crippen LogP contribution < -0.4 is 4.90 Å². The number of aromatic nitrogens is 2. The Hall–Kier alpha value is -5.58. The summed E-state index contributed by atoms with van der Waals surface area (Å²) in [6.45, 7) is 0. The summed E-state index contributed by atoms with van der Waals surface area (Å²) in [5, 5.41) is 8.48. The molecule has 0 fully saturated rings. The number of rotatable bonds is 2. The van der Waals surface area contributed by atoms with Gasteiger partial charge in [-0.3, -0.25) is 4.90 Å². The third-order valence-corrected chi connectivity index (χ3v) is 10.1. The first-order chi connectivity index (χ1) is 21.8. The molecule has 3 nitrogen and oxygen atoms in total. The Morgan fingerprint density at radius 2 is 1.20 bits per heavy atom. The minimum atomic E-state index is 0.675. The maximum Gasteiger partial charge on any atom is 0.235 e. The highest BCUT2D eigenvalue weighted by Gasteiger charge is 2.29. The quantitative estimate of drug-likeness (QED) is 0.205. The van der Waals surface area contributed by atoms with E-state index in [1.54, 1.807) is 0 Å². The molecule has 0 spiro atoms. The van der Waals surface area contributed by atoms with Gasteiger partial charge in [-0.05, 0) is 58.1 Å². The average Bonchev–Trinajstić information content (AvgIpc) is 3.45. The van der Waals surface area contributed by atoms with Crippen molar-refractivity contribution in [3.05, 3.63) is 140 Å². The molecule has 7 aromatic carbocycles. The Bertz CT molecular complexity index is 2630. The summed E-state index contributed by atoms with van der Waals surface area (Å²) < 4.78 is 2.57. The molecule has 0 bridgehead atoms. The van der Waals surface area contributed by atoms with Crippen LogP contribution in [-0.4, -0.2) is 9.97 Å². The van der Waals surface area contributed by atoms with Gasteiger partial charge in [-0.2, -0.15) is 0 Å². The van der Waals surface area contributed by atoms with Gasteiger partial charge < -0.3 is 0 Å². The highest BCUT2D eigenvalue weighted by Crippen LogP contribution is 2.51. The van der Waals surface area contributed by atoms with E-state index < -0.39 is 0 Å². The molecular weight excluding hydrogens is 555 g/mol. The van der Waals surface area contributed by atoms with Gasteiger partial charge in [-0.15, -0.1) is 11.3 Å². The van der Waals surface area contributed by atoms with E-state index >= 15 is 0 Å². The summed E-state index contributed by atoms with van der Waals surface area (Å²) in [4.78, 5) is 12.9. The second-order valence-electron chi connectivity index (χ2n) is 11.4. The SMILES string of the molecule is c1ccc2cc3c(cc2c1)-c1cccc2cccc(c12)N3c1nc(-c2ccc3c(c2)sc2ccccc23)c2ccccc2n1. The highest BCUT2D eigenvalue weighted by atomic mass is 32.1. The number of nitrogens with zero attached hydrogens (tertiary/aromatic N) is 3. The van der Waals surface area contributed by atoms with Gasteiger partial charge in [0, 0.05) is 42.1 Å². The third-order valence-electron chi connectivity index (χ3n) is 8.96. The van der Waals surface area contributed by atoms with Gasteiger partial charge in [0.25, 0.3) is 0 Å². The first-order valence-corrected chi connectivity index (χ1v) is 15.7. The standard InChI is InChI=1S/C40H23N3S/c1-2-10-26-22-35-32(21-25(26)9-1)30-15-7-11-24-12-8-17-34(38(24)30)43(35)40-41-33-16-5-3-14-31(33)39(42-40)27-19-20-29-28-13-4-6-18-36(28)44-37(29)23-27/h1-23H. The second kappa shape index (κ2) is 8.96. The minimum absolute atomic E-state index is 0.675. The number of hydrogen-bond donors (Lipinski definition) is 0. The molecule has 0 unspecified atom stereocenters. The van der Waals surface area contributed by atoms with Gasteiger partial charge in [0.05, 0.1) is 22.6 Å². The molecule has 9 aromatic rings. The van der Waals surface area contributed by atoms with E-state index in [4.69, 9.17) is 9.97 Å². The number of benzene rings is 7. The van der Waals surface area contributed by atoms with Crippen molar-refractivity contribution in [2.24, 2.45) is 0 Å². The predicted molar refractivity (Wildman–Crippen MR) is 187 cm³/mol. The zero-order valence-electron chi connectivity index (χ0n) is 23.5. The van der Waals surface area contributed by atoms with Crippen LogP contribution in [0.25, 0.3) is 75.0 Å².